The molecule has 0 saturated carbocycles. The van der Waals surface area contributed by atoms with Crippen LogP contribution < -0.4 is 10.2 Å². The zero-order valence-electron chi connectivity index (χ0n) is 21.6. The summed E-state index contributed by atoms with van der Waals surface area (Å²) in [7, 11) is 1.85. The molecular formula is C28H32N6O4. The molecule has 2 aromatic carbocycles. The maximum absolute atomic E-state index is 13.4. The number of aromatic amines is 1. The summed E-state index contributed by atoms with van der Waals surface area (Å²) >= 11 is 0. The van der Waals surface area contributed by atoms with Gasteiger partial charge in [0.25, 0.3) is 17.6 Å². The van der Waals surface area contributed by atoms with E-state index in [1.54, 1.807) is 50.1 Å². The molecular weight excluding hydrogens is 484 g/mol. The van der Waals surface area contributed by atoms with Gasteiger partial charge in [-0.15, -0.1) is 0 Å². The highest BCUT2D eigenvalue weighted by atomic mass is 16.2. The van der Waals surface area contributed by atoms with Gasteiger partial charge < -0.3 is 25.0 Å². The number of amides is 4. The molecule has 0 spiro atoms. The number of carbonyl (C=O) groups excluding carboxylic acids is 4. The van der Waals surface area contributed by atoms with E-state index in [0.29, 0.717) is 61.4 Å². The quantitative estimate of drug-likeness (QED) is 0.370. The molecule has 38 heavy (non-hydrogen) atoms. The Bertz CT molecular complexity index is 1370. The lowest BCUT2D eigenvalue weighted by atomic mass is 10.1. The molecule has 3 aromatic rings. The van der Waals surface area contributed by atoms with Crippen LogP contribution in [0.3, 0.4) is 0 Å². The molecule has 2 aliphatic rings. The lowest BCUT2D eigenvalue weighted by Crippen LogP contribution is -2.56. The largest absolute Gasteiger partial charge is 0.359 e. The number of anilines is 1. The monoisotopic (exact) mass is 516 g/mol. The third kappa shape index (κ3) is 4.63. The van der Waals surface area contributed by atoms with E-state index in [2.05, 4.69) is 10.3 Å². The zero-order valence-corrected chi connectivity index (χ0v) is 21.6. The molecule has 5 rings (SSSR count). The molecule has 2 fully saturated rings. The van der Waals surface area contributed by atoms with E-state index in [1.807, 2.05) is 38.2 Å². The molecule has 10 heteroatoms. The highest BCUT2D eigenvalue weighted by molar-refractivity contribution is 6.45. The molecule has 1 atom stereocenters. The van der Waals surface area contributed by atoms with Gasteiger partial charge in [-0.1, -0.05) is 30.3 Å². The van der Waals surface area contributed by atoms with Crippen LogP contribution >= 0.6 is 0 Å². The van der Waals surface area contributed by atoms with Crippen LogP contribution in [0.5, 0.6) is 0 Å². The topological polar surface area (TPSA) is 109 Å². The first-order chi connectivity index (χ1) is 18.4. The number of hydrogen-bond donors (Lipinski definition) is 2. The lowest BCUT2D eigenvalue weighted by Gasteiger charge is -2.39. The highest BCUT2D eigenvalue weighted by Gasteiger charge is 2.35. The van der Waals surface area contributed by atoms with Gasteiger partial charge >= 0.3 is 6.03 Å². The summed E-state index contributed by atoms with van der Waals surface area (Å²) in [6, 6.07) is 14.1. The minimum Gasteiger partial charge on any atom is -0.359 e. The number of fused-ring (bicyclic) bond motifs is 1. The fourth-order valence-electron chi connectivity index (χ4n) is 5.26. The minimum absolute atomic E-state index is 0.0805. The van der Waals surface area contributed by atoms with Crippen molar-refractivity contribution in [3.63, 3.8) is 0 Å². The van der Waals surface area contributed by atoms with Crippen LogP contribution in [0.25, 0.3) is 10.9 Å². The van der Waals surface area contributed by atoms with Crippen molar-refractivity contribution in [2.75, 3.05) is 57.8 Å². The molecule has 1 aromatic heterocycles. The van der Waals surface area contributed by atoms with Crippen molar-refractivity contribution < 1.29 is 19.2 Å². The van der Waals surface area contributed by atoms with Gasteiger partial charge in [0.15, 0.2) is 0 Å². The van der Waals surface area contributed by atoms with Crippen molar-refractivity contribution >= 4 is 40.2 Å². The van der Waals surface area contributed by atoms with Crippen molar-refractivity contribution in [1.29, 1.82) is 0 Å². The number of nitrogens with one attached hydrogen (secondary N) is 2. The molecule has 0 aliphatic carbocycles. The second-order valence-electron chi connectivity index (χ2n) is 9.72. The Kier molecular flexibility index (Phi) is 7.15. The third-order valence-corrected chi connectivity index (χ3v) is 7.35. The number of nitrogens with zero attached hydrogens (tertiary/aromatic N) is 4. The van der Waals surface area contributed by atoms with Gasteiger partial charge in [-0.25, -0.2) is 4.79 Å². The fraction of sp³-hybridized carbons (Fsp3) is 0.357. The molecule has 0 radical (unpaired) electrons. The van der Waals surface area contributed by atoms with Gasteiger partial charge in [0.05, 0.1) is 16.8 Å². The first kappa shape index (κ1) is 25.5. The number of para-hydroxylation sites is 1. The van der Waals surface area contributed by atoms with E-state index in [9.17, 15) is 19.2 Å². The minimum atomic E-state index is -0.605. The molecule has 3 heterocycles. The Labute approximate surface area is 221 Å². The van der Waals surface area contributed by atoms with Crippen molar-refractivity contribution in [2.45, 2.75) is 13.0 Å². The first-order valence-electron chi connectivity index (χ1n) is 12.9. The maximum Gasteiger partial charge on any atom is 0.324 e. The average Bonchev–Trinajstić information content (AvgIpc) is 3.54. The predicted molar refractivity (Wildman–Crippen MR) is 144 cm³/mol. The summed E-state index contributed by atoms with van der Waals surface area (Å²) < 4.78 is 0. The van der Waals surface area contributed by atoms with E-state index < -0.39 is 11.7 Å². The number of likely N-dealkylation sites (N-methyl/N-ethyl adjacent to an activating group) is 1. The Morgan fingerprint density at radius 3 is 2.53 bits per heavy atom. The van der Waals surface area contributed by atoms with Crippen LogP contribution in [0.15, 0.2) is 54.7 Å². The Morgan fingerprint density at radius 1 is 1.00 bits per heavy atom. The Hall–Kier alpha value is -4.18. The summed E-state index contributed by atoms with van der Waals surface area (Å²) in [5.41, 5.74) is 2.22. The number of urea groups is 1. The normalized spacial score (nSPS) is 17.9. The smallest absolute Gasteiger partial charge is 0.324 e. The number of hydrogen-bond acceptors (Lipinski definition) is 5. The second kappa shape index (κ2) is 10.7. The molecule has 2 saturated heterocycles. The Morgan fingerprint density at radius 2 is 1.79 bits per heavy atom. The van der Waals surface area contributed by atoms with Gasteiger partial charge in [-0.2, -0.15) is 0 Å². The number of carbonyl (C=O) groups is 4. The number of ketones is 1. The van der Waals surface area contributed by atoms with Crippen LogP contribution in [0, 0.1) is 0 Å². The predicted octanol–water partition coefficient (Wildman–Crippen LogP) is 2.19. The molecule has 10 nitrogen and oxygen atoms in total. The molecule has 2 N–H and O–H groups in total. The number of H-pyrrole nitrogens is 1. The van der Waals surface area contributed by atoms with E-state index in [0.717, 1.165) is 0 Å². The summed E-state index contributed by atoms with van der Waals surface area (Å²) in [6.07, 6.45) is 1.55. The fourth-order valence-corrected chi connectivity index (χ4v) is 5.26. The number of Topliss-reactive ketones (excluding diaryl/α,β-unsaturated/α-hetero) is 1. The van der Waals surface area contributed by atoms with E-state index in [4.69, 9.17) is 0 Å². The lowest BCUT2D eigenvalue weighted by molar-refractivity contribution is -0.130. The van der Waals surface area contributed by atoms with Gasteiger partial charge in [-0.3, -0.25) is 19.3 Å². The number of rotatable bonds is 7. The van der Waals surface area contributed by atoms with E-state index in [1.165, 1.54) is 0 Å². The zero-order chi connectivity index (χ0) is 26.8. The van der Waals surface area contributed by atoms with Gasteiger partial charge in [0, 0.05) is 69.0 Å². The van der Waals surface area contributed by atoms with Crippen LogP contribution in [-0.4, -0.2) is 102 Å². The van der Waals surface area contributed by atoms with Gasteiger partial charge in [0.2, 0.25) is 0 Å². The maximum atomic E-state index is 13.4. The van der Waals surface area contributed by atoms with Crippen LogP contribution in [-0.2, 0) is 4.79 Å². The van der Waals surface area contributed by atoms with Crippen LogP contribution in [0.4, 0.5) is 10.5 Å². The van der Waals surface area contributed by atoms with Crippen molar-refractivity contribution in [2.24, 2.45) is 0 Å². The van der Waals surface area contributed by atoms with E-state index in [-0.39, 0.29) is 30.1 Å². The summed E-state index contributed by atoms with van der Waals surface area (Å²) in [5.74, 6) is -1.28. The van der Waals surface area contributed by atoms with Gasteiger partial charge in [-0.05, 0) is 32.2 Å². The summed E-state index contributed by atoms with van der Waals surface area (Å²) in [6.45, 7) is 5.34. The molecule has 1 unspecified atom stereocenters. The van der Waals surface area contributed by atoms with Crippen molar-refractivity contribution in [1.82, 2.24) is 25.0 Å². The van der Waals surface area contributed by atoms with Crippen molar-refractivity contribution in [3.05, 3.63) is 65.9 Å². The van der Waals surface area contributed by atoms with E-state index >= 15 is 0 Å². The second-order valence-corrected chi connectivity index (χ2v) is 9.72. The molecule has 198 valence electrons. The molecule has 4 amide bonds. The van der Waals surface area contributed by atoms with Gasteiger partial charge in [0.1, 0.15) is 0 Å². The van der Waals surface area contributed by atoms with Crippen molar-refractivity contribution in [3.8, 4) is 0 Å². The number of aromatic nitrogens is 1. The summed E-state index contributed by atoms with van der Waals surface area (Å²) in [4.78, 5) is 62.4. The summed E-state index contributed by atoms with van der Waals surface area (Å²) in [5, 5.41) is 3.66. The highest BCUT2D eigenvalue weighted by Crippen LogP contribution is 2.31. The van der Waals surface area contributed by atoms with Crippen LogP contribution in [0.2, 0.25) is 0 Å². The molecule has 0 bridgehead atoms. The standard InChI is InChI=1S/C28H32N6O4/c1-19-18-32(26(36)20-7-4-3-5-8-20)14-15-33(19)27(37)25(35)22-17-30-24-21(22)9-6-10-23(24)34-16-13-31(28(34)38)12-11-29-2/h3-10,17,19,29-30H,11-16,18H2,1-2H3. The number of piperazine rings is 1. The number of benzene rings is 2. The average molecular weight is 517 g/mol. The first-order valence-corrected chi connectivity index (χ1v) is 12.9. The SMILES string of the molecule is CNCCN1CCN(c2cccc3c(C(=O)C(=O)N4CCN(C(=O)c5ccccc5)CC4C)c[nH]c23)C1=O. The Balaban J connectivity index is 1.31. The third-order valence-electron chi connectivity index (χ3n) is 7.35. The van der Waals surface area contributed by atoms with Crippen LogP contribution in [0.1, 0.15) is 27.6 Å². The molecule has 2 aliphatic heterocycles.